The number of benzene rings is 1. The highest BCUT2D eigenvalue weighted by Gasteiger charge is 2.64. The lowest BCUT2D eigenvalue weighted by Crippen LogP contribution is -2.63. The van der Waals surface area contributed by atoms with E-state index in [4.69, 9.17) is 35.3 Å². The van der Waals surface area contributed by atoms with Crippen molar-refractivity contribution in [3.8, 4) is 5.75 Å². The molecule has 3 aliphatic heterocycles. The summed E-state index contributed by atoms with van der Waals surface area (Å²) in [6.07, 6.45) is 1.15. The molecule has 0 radical (unpaired) electrons. The summed E-state index contributed by atoms with van der Waals surface area (Å²) in [4.78, 5) is 55.9. The fourth-order valence-corrected chi connectivity index (χ4v) is 6.94. The lowest BCUT2D eigenvalue weighted by Gasteiger charge is -2.42. The summed E-state index contributed by atoms with van der Waals surface area (Å²) in [6, 6.07) is 2.62. The number of anilines is 1. The van der Waals surface area contributed by atoms with Gasteiger partial charge in [-0.2, -0.15) is 0 Å². The second-order valence-corrected chi connectivity index (χ2v) is 14.1. The van der Waals surface area contributed by atoms with E-state index in [9.17, 15) is 24.3 Å². The third-order valence-electron chi connectivity index (χ3n) is 10.1. The number of halogens is 1. The average Bonchev–Trinajstić information content (AvgIpc) is 3.79. The zero-order valence-electron chi connectivity index (χ0n) is 30.8. The first-order valence-electron chi connectivity index (χ1n) is 17.0. The van der Waals surface area contributed by atoms with Crippen LogP contribution in [-0.2, 0) is 39.8 Å². The molecule has 3 aliphatic rings. The van der Waals surface area contributed by atoms with E-state index >= 15 is 0 Å². The van der Waals surface area contributed by atoms with Crippen LogP contribution in [0.15, 0.2) is 35.9 Å². The highest BCUT2D eigenvalue weighted by molar-refractivity contribution is 6.35. The number of ether oxygens (including phenoxy) is 5. The third kappa shape index (κ3) is 8.86. The van der Waals surface area contributed by atoms with Crippen molar-refractivity contribution in [2.75, 3.05) is 46.8 Å². The Bertz CT molecular complexity index is 1550. The van der Waals surface area contributed by atoms with Gasteiger partial charge in [0.25, 0.3) is 0 Å². The number of hydrogen-bond acceptors (Lipinski definition) is 11. The maximum Gasteiger partial charge on any atom is 0.409 e. The second-order valence-electron chi connectivity index (χ2n) is 13.8. The monoisotopic (exact) mass is 734 g/mol. The van der Waals surface area contributed by atoms with E-state index in [1.807, 2.05) is 13.0 Å². The molecule has 1 aromatic rings. The predicted octanol–water partition coefficient (Wildman–Crippen LogP) is 3.12. The summed E-state index contributed by atoms with van der Waals surface area (Å²) in [7, 11) is 7.74. The number of aliphatic hydroxyl groups is 1. The number of allylic oxidation sites excluding steroid dienone is 3. The van der Waals surface area contributed by atoms with Gasteiger partial charge >= 0.3 is 12.1 Å². The summed E-state index contributed by atoms with van der Waals surface area (Å²) >= 11 is 6.74. The molecule has 8 atom stereocenters. The number of fused-ring (bicyclic) bond motifs is 5. The molecule has 1 unspecified atom stereocenters. The summed E-state index contributed by atoms with van der Waals surface area (Å²) in [6.45, 7) is 7.42. The Hall–Kier alpha value is -3.69. The lowest BCUT2D eigenvalue weighted by molar-refractivity contribution is -0.162. The summed E-state index contributed by atoms with van der Waals surface area (Å²) in [5, 5.41) is 17.4. The van der Waals surface area contributed by atoms with E-state index in [1.165, 1.54) is 31.1 Å². The number of esters is 1. The molecule has 0 aliphatic carbocycles. The zero-order chi connectivity index (χ0) is 37.8. The number of epoxide rings is 1. The summed E-state index contributed by atoms with van der Waals surface area (Å²) in [5.74, 6) is -1.56. The fourth-order valence-electron chi connectivity index (χ4n) is 6.63. The van der Waals surface area contributed by atoms with Gasteiger partial charge < -0.3 is 43.9 Å². The Kier molecular flexibility index (Phi) is 12.8. The van der Waals surface area contributed by atoms with E-state index in [-0.39, 0.29) is 30.2 Å². The van der Waals surface area contributed by atoms with E-state index in [1.54, 1.807) is 59.2 Å². The first kappa shape index (κ1) is 40.1. The molecular weight excluding hydrogens is 684 g/mol. The SMILES string of the molecule is CNCCC(=O)N(C)[C@@H](C)C(=O)OC1CC(=O)N(C)c2cc(cc(OC)c2Cl)CC(C)=CC=C[C@@H](OC)[C@@]2(O)C[C@H](OC(=O)N2)[C@@H](C)[C@@H]2O[C@@]12C. The Labute approximate surface area is 304 Å². The van der Waals surface area contributed by atoms with Crippen LogP contribution in [0.3, 0.4) is 0 Å². The summed E-state index contributed by atoms with van der Waals surface area (Å²) in [5.41, 5.74) is -0.896. The van der Waals surface area contributed by atoms with Crippen LogP contribution in [0.2, 0.25) is 5.02 Å². The normalized spacial score (nSPS) is 30.3. The maximum atomic E-state index is 14.1. The number of hydrogen-bond donors (Lipinski definition) is 3. The van der Waals surface area contributed by atoms with Gasteiger partial charge in [0, 0.05) is 46.5 Å². The number of carbonyl (C=O) groups excluding carboxylic acids is 4. The second kappa shape index (κ2) is 16.3. The van der Waals surface area contributed by atoms with Gasteiger partial charge in [-0.25, -0.2) is 9.59 Å². The van der Waals surface area contributed by atoms with E-state index in [0.29, 0.717) is 24.4 Å². The minimum absolute atomic E-state index is 0.0474. The topological polar surface area (TPSA) is 169 Å². The standard InChI is InChI=1S/C36H51ClN4O10/c1-20-11-10-12-27(48-9)36(46)19-26(49-34(45)39-36)21(2)32-35(4,51-32)28(50-33(44)22(3)40(6)29(42)13-14-38-5)18-30(43)41(7)24-16-23(15-20)17-25(47-8)31(24)37/h10-12,16-17,21-22,26-28,32,38,46H,13-15,18-19H2,1-9H3,(H,39,45)/t21-,22+,26+,27-,28?,32+,35+,36+/m1/s1. The molecule has 282 valence electrons. The number of rotatable bonds is 8. The molecule has 15 heteroatoms. The number of nitrogens with zero attached hydrogens (tertiary/aromatic N) is 2. The Balaban J connectivity index is 1.76. The maximum absolute atomic E-state index is 14.1. The van der Waals surface area contributed by atoms with Gasteiger partial charge in [-0.3, -0.25) is 14.9 Å². The minimum atomic E-state index is -1.82. The van der Waals surface area contributed by atoms with Crippen LogP contribution in [0.5, 0.6) is 5.75 Å². The van der Waals surface area contributed by atoms with Gasteiger partial charge in [0.2, 0.25) is 11.8 Å². The largest absolute Gasteiger partial charge is 0.495 e. The van der Waals surface area contributed by atoms with E-state index < -0.39 is 65.7 Å². The molecule has 2 fully saturated rings. The number of amides is 3. The van der Waals surface area contributed by atoms with Crippen LogP contribution in [0.25, 0.3) is 0 Å². The lowest BCUT2D eigenvalue weighted by atomic mass is 9.83. The number of alkyl carbamates (subject to hydrolysis) is 1. The van der Waals surface area contributed by atoms with Gasteiger partial charge in [-0.1, -0.05) is 42.3 Å². The molecule has 4 rings (SSSR count). The molecule has 14 nitrogen and oxygen atoms in total. The average molecular weight is 735 g/mol. The highest BCUT2D eigenvalue weighted by atomic mass is 35.5. The Morgan fingerprint density at radius 2 is 1.98 bits per heavy atom. The number of likely N-dealkylation sites (N-methyl/N-ethyl adjacent to an activating group) is 1. The van der Waals surface area contributed by atoms with Crippen LogP contribution in [0, 0.1) is 5.92 Å². The minimum Gasteiger partial charge on any atom is -0.495 e. The molecule has 3 N–H and O–H groups in total. The number of nitrogens with one attached hydrogen (secondary N) is 2. The van der Waals surface area contributed by atoms with Crippen molar-refractivity contribution in [2.45, 2.75) is 95.2 Å². The van der Waals surface area contributed by atoms with Gasteiger partial charge in [0.15, 0.2) is 5.72 Å². The van der Waals surface area contributed by atoms with Crippen molar-refractivity contribution in [3.05, 3.63) is 46.5 Å². The predicted molar refractivity (Wildman–Crippen MR) is 189 cm³/mol. The van der Waals surface area contributed by atoms with Crippen molar-refractivity contribution < 1.29 is 48.0 Å². The van der Waals surface area contributed by atoms with Gasteiger partial charge in [0.05, 0.1) is 25.3 Å². The molecule has 0 saturated carbocycles. The van der Waals surface area contributed by atoms with Crippen LogP contribution in [-0.4, -0.2) is 118 Å². The quantitative estimate of drug-likeness (QED) is 0.265. The first-order valence-corrected chi connectivity index (χ1v) is 17.4. The van der Waals surface area contributed by atoms with E-state index in [2.05, 4.69) is 10.6 Å². The molecule has 2 saturated heterocycles. The van der Waals surface area contributed by atoms with Crippen LogP contribution >= 0.6 is 11.6 Å². The van der Waals surface area contributed by atoms with Crippen molar-refractivity contribution in [1.82, 2.24) is 15.5 Å². The molecule has 3 amide bonds. The smallest absolute Gasteiger partial charge is 0.409 e. The Morgan fingerprint density at radius 3 is 2.63 bits per heavy atom. The van der Waals surface area contributed by atoms with E-state index in [0.717, 1.165) is 11.1 Å². The molecule has 0 aromatic heterocycles. The van der Waals surface area contributed by atoms with Crippen molar-refractivity contribution in [2.24, 2.45) is 5.92 Å². The van der Waals surface area contributed by atoms with Crippen molar-refractivity contribution >= 4 is 41.2 Å². The van der Waals surface area contributed by atoms with Crippen molar-refractivity contribution in [3.63, 3.8) is 0 Å². The summed E-state index contributed by atoms with van der Waals surface area (Å²) < 4.78 is 29.1. The van der Waals surface area contributed by atoms with Gasteiger partial charge in [-0.05, 0) is 51.9 Å². The molecular formula is C36H51ClN4O10. The van der Waals surface area contributed by atoms with Gasteiger partial charge in [0.1, 0.15) is 40.7 Å². The third-order valence-corrected chi connectivity index (χ3v) is 10.5. The number of carbonyl (C=O) groups is 4. The molecule has 3 heterocycles. The van der Waals surface area contributed by atoms with Crippen LogP contribution in [0.1, 0.15) is 52.5 Å². The fraction of sp³-hybridized carbons (Fsp3) is 0.611. The molecule has 0 spiro atoms. The number of methoxy groups -OCH3 is 2. The molecule has 4 bridgehead atoms. The first-order chi connectivity index (χ1) is 24.0. The zero-order valence-corrected chi connectivity index (χ0v) is 31.5. The van der Waals surface area contributed by atoms with Gasteiger partial charge in [-0.15, -0.1) is 0 Å². The highest BCUT2D eigenvalue weighted by Crippen LogP contribution is 2.49. The van der Waals surface area contributed by atoms with Crippen molar-refractivity contribution in [1.29, 1.82) is 0 Å². The van der Waals surface area contributed by atoms with Crippen LogP contribution < -0.4 is 20.3 Å². The molecule has 51 heavy (non-hydrogen) atoms. The van der Waals surface area contributed by atoms with Crippen LogP contribution in [0.4, 0.5) is 10.5 Å². The molecule has 1 aromatic carbocycles. The Morgan fingerprint density at radius 1 is 1.27 bits per heavy atom.